The quantitative estimate of drug-likeness (QED) is 0.600. The van der Waals surface area contributed by atoms with Gasteiger partial charge in [-0.1, -0.05) is 13.3 Å². The monoisotopic (exact) mass is 173 g/mol. The molecule has 0 aliphatic rings. The van der Waals surface area contributed by atoms with Gasteiger partial charge in [-0.05, 0) is 25.7 Å². The van der Waals surface area contributed by atoms with E-state index in [4.69, 9.17) is 10.8 Å². The van der Waals surface area contributed by atoms with E-state index in [2.05, 4.69) is 6.92 Å². The molecule has 3 N–H and O–H groups in total. The number of carboxylic acids is 1. The Morgan fingerprint density at radius 1 is 1.42 bits per heavy atom. The van der Waals surface area contributed by atoms with Crippen LogP contribution < -0.4 is 5.73 Å². The molecule has 0 rings (SSSR count). The van der Waals surface area contributed by atoms with Crippen LogP contribution in [0.2, 0.25) is 0 Å². The summed E-state index contributed by atoms with van der Waals surface area (Å²) in [5.74, 6) is -0.206. The fourth-order valence-corrected chi connectivity index (χ4v) is 1.01. The molecule has 0 aromatic carbocycles. The lowest BCUT2D eigenvalue weighted by atomic mass is 9.97. The zero-order chi connectivity index (χ0) is 9.56. The molecule has 0 amide bonds. The van der Waals surface area contributed by atoms with E-state index in [9.17, 15) is 4.79 Å². The van der Waals surface area contributed by atoms with Crippen LogP contribution in [-0.4, -0.2) is 17.1 Å². The largest absolute Gasteiger partial charge is 0.481 e. The Morgan fingerprint density at radius 2 is 2.00 bits per heavy atom. The third kappa shape index (κ3) is 6.16. The van der Waals surface area contributed by atoms with Crippen molar-refractivity contribution in [2.45, 2.75) is 45.6 Å². The Morgan fingerprint density at radius 3 is 2.42 bits per heavy atom. The number of unbranched alkanes of at least 4 members (excludes halogenated alkanes) is 1. The second kappa shape index (κ2) is 6.00. The minimum Gasteiger partial charge on any atom is -0.481 e. The van der Waals surface area contributed by atoms with E-state index >= 15 is 0 Å². The molecule has 2 atom stereocenters. The van der Waals surface area contributed by atoms with Crippen molar-refractivity contribution in [3.8, 4) is 0 Å². The summed E-state index contributed by atoms with van der Waals surface area (Å²) >= 11 is 0. The molecule has 0 spiro atoms. The van der Waals surface area contributed by atoms with Gasteiger partial charge < -0.3 is 10.8 Å². The van der Waals surface area contributed by atoms with Crippen molar-refractivity contribution < 1.29 is 9.90 Å². The van der Waals surface area contributed by atoms with Gasteiger partial charge in [-0.15, -0.1) is 0 Å². The van der Waals surface area contributed by atoms with Crippen LogP contribution in [0.3, 0.4) is 0 Å². The van der Waals surface area contributed by atoms with Gasteiger partial charge in [-0.25, -0.2) is 0 Å². The molecule has 0 saturated carbocycles. The van der Waals surface area contributed by atoms with Crippen molar-refractivity contribution in [1.82, 2.24) is 0 Å². The molecule has 72 valence electrons. The van der Waals surface area contributed by atoms with E-state index in [1.54, 1.807) is 0 Å². The fourth-order valence-electron chi connectivity index (χ4n) is 1.01. The van der Waals surface area contributed by atoms with Crippen LogP contribution in [-0.2, 0) is 4.79 Å². The topological polar surface area (TPSA) is 63.3 Å². The van der Waals surface area contributed by atoms with Crippen LogP contribution in [0.25, 0.3) is 0 Å². The molecule has 3 nitrogen and oxygen atoms in total. The maximum Gasteiger partial charge on any atom is 0.303 e. The summed E-state index contributed by atoms with van der Waals surface area (Å²) in [6.07, 6.45) is 3.05. The fraction of sp³-hybridized carbons (Fsp3) is 0.889. The highest BCUT2D eigenvalue weighted by Crippen LogP contribution is 2.11. The van der Waals surface area contributed by atoms with Crippen molar-refractivity contribution in [2.75, 3.05) is 0 Å². The second-order valence-corrected chi connectivity index (χ2v) is 3.48. The summed E-state index contributed by atoms with van der Waals surface area (Å²) < 4.78 is 0. The molecule has 3 heteroatoms. The average molecular weight is 173 g/mol. The molecular weight excluding hydrogens is 154 g/mol. The van der Waals surface area contributed by atoms with Gasteiger partial charge in [0.15, 0.2) is 0 Å². The number of aliphatic carboxylic acids is 1. The lowest BCUT2D eigenvalue weighted by Crippen LogP contribution is -2.23. The smallest absolute Gasteiger partial charge is 0.303 e. The van der Waals surface area contributed by atoms with Crippen LogP contribution in [0, 0.1) is 5.92 Å². The van der Waals surface area contributed by atoms with E-state index < -0.39 is 5.97 Å². The minimum absolute atomic E-state index is 0.217. The number of carboxylic acid groups (broad SMARTS) is 1. The van der Waals surface area contributed by atoms with Gasteiger partial charge in [0, 0.05) is 12.5 Å². The number of nitrogens with two attached hydrogens (primary N) is 1. The zero-order valence-corrected chi connectivity index (χ0v) is 7.92. The Labute approximate surface area is 74.0 Å². The zero-order valence-electron chi connectivity index (χ0n) is 7.92. The highest BCUT2D eigenvalue weighted by molar-refractivity contribution is 5.66. The van der Waals surface area contributed by atoms with Crippen molar-refractivity contribution >= 4 is 5.97 Å². The molecule has 0 fully saturated rings. The molecule has 0 heterocycles. The summed E-state index contributed by atoms with van der Waals surface area (Å²) in [7, 11) is 0. The summed E-state index contributed by atoms with van der Waals surface area (Å²) in [5, 5.41) is 8.36. The Balaban J connectivity index is 3.25. The normalized spacial score (nSPS) is 15.6. The van der Waals surface area contributed by atoms with Gasteiger partial charge in [0.05, 0.1) is 0 Å². The average Bonchev–Trinajstić information content (AvgIpc) is 1.97. The SMILES string of the molecule is CC(N)C(C)CCCCC(=O)O. The standard InChI is InChI=1S/C9H19NO2/c1-7(8(2)10)5-3-4-6-9(11)12/h7-8H,3-6,10H2,1-2H3,(H,11,12). The molecule has 12 heavy (non-hydrogen) atoms. The highest BCUT2D eigenvalue weighted by Gasteiger charge is 2.06. The third-order valence-electron chi connectivity index (χ3n) is 2.20. The highest BCUT2D eigenvalue weighted by atomic mass is 16.4. The van der Waals surface area contributed by atoms with Crippen LogP contribution in [0.5, 0.6) is 0 Å². The first-order valence-electron chi connectivity index (χ1n) is 4.51. The van der Waals surface area contributed by atoms with Crippen LogP contribution in [0.15, 0.2) is 0 Å². The van der Waals surface area contributed by atoms with Gasteiger partial charge in [0.2, 0.25) is 0 Å². The molecule has 0 bridgehead atoms. The van der Waals surface area contributed by atoms with E-state index in [0.29, 0.717) is 5.92 Å². The Hall–Kier alpha value is -0.570. The lowest BCUT2D eigenvalue weighted by molar-refractivity contribution is -0.137. The molecule has 2 unspecified atom stereocenters. The number of hydrogen-bond acceptors (Lipinski definition) is 2. The van der Waals surface area contributed by atoms with E-state index in [1.165, 1.54) is 0 Å². The van der Waals surface area contributed by atoms with Crippen molar-refractivity contribution in [3.63, 3.8) is 0 Å². The summed E-state index contributed by atoms with van der Waals surface area (Å²) in [6, 6.07) is 0.217. The van der Waals surface area contributed by atoms with Crippen molar-refractivity contribution in [1.29, 1.82) is 0 Å². The first-order chi connectivity index (χ1) is 5.54. The molecule has 0 aliphatic carbocycles. The van der Waals surface area contributed by atoms with E-state index in [0.717, 1.165) is 19.3 Å². The number of hydrogen-bond donors (Lipinski definition) is 2. The van der Waals surface area contributed by atoms with Gasteiger partial charge in [-0.3, -0.25) is 4.79 Å². The molecule has 0 aliphatic heterocycles. The Bertz CT molecular complexity index is 134. The van der Waals surface area contributed by atoms with Crippen LogP contribution >= 0.6 is 0 Å². The van der Waals surface area contributed by atoms with Crippen molar-refractivity contribution in [3.05, 3.63) is 0 Å². The summed E-state index contributed by atoms with van der Waals surface area (Å²) in [4.78, 5) is 10.2. The molecule has 0 radical (unpaired) electrons. The summed E-state index contributed by atoms with van der Waals surface area (Å²) in [6.45, 7) is 4.09. The van der Waals surface area contributed by atoms with Gasteiger partial charge in [-0.2, -0.15) is 0 Å². The van der Waals surface area contributed by atoms with Gasteiger partial charge in [0.25, 0.3) is 0 Å². The molecular formula is C9H19NO2. The van der Waals surface area contributed by atoms with Crippen LogP contribution in [0.1, 0.15) is 39.5 Å². The lowest BCUT2D eigenvalue weighted by Gasteiger charge is -2.14. The van der Waals surface area contributed by atoms with Crippen LogP contribution in [0.4, 0.5) is 0 Å². The molecule has 0 saturated heterocycles. The number of carbonyl (C=O) groups is 1. The maximum atomic E-state index is 10.2. The predicted molar refractivity (Wildman–Crippen MR) is 48.9 cm³/mol. The predicted octanol–water partition coefficient (Wildman–Crippen LogP) is 1.61. The van der Waals surface area contributed by atoms with E-state index in [-0.39, 0.29) is 12.5 Å². The maximum absolute atomic E-state index is 10.2. The van der Waals surface area contributed by atoms with Crippen molar-refractivity contribution in [2.24, 2.45) is 11.7 Å². The minimum atomic E-state index is -0.705. The Kier molecular flexibility index (Phi) is 5.72. The second-order valence-electron chi connectivity index (χ2n) is 3.48. The first-order valence-corrected chi connectivity index (χ1v) is 4.51. The third-order valence-corrected chi connectivity index (χ3v) is 2.20. The van der Waals surface area contributed by atoms with E-state index in [1.807, 2.05) is 6.92 Å². The first kappa shape index (κ1) is 11.4. The summed E-state index contributed by atoms with van der Waals surface area (Å²) in [5.41, 5.74) is 5.66. The van der Waals surface area contributed by atoms with Gasteiger partial charge in [0.1, 0.15) is 0 Å². The molecule has 0 aromatic heterocycles. The number of rotatable bonds is 6. The molecule has 0 aromatic rings. The van der Waals surface area contributed by atoms with Gasteiger partial charge >= 0.3 is 5.97 Å².